The summed E-state index contributed by atoms with van der Waals surface area (Å²) in [5.41, 5.74) is 1.12. The van der Waals surface area contributed by atoms with Gasteiger partial charge >= 0.3 is 0 Å². The Morgan fingerprint density at radius 3 is 2.60 bits per heavy atom. The molecule has 4 aliphatic carbocycles. The van der Waals surface area contributed by atoms with Crippen LogP contribution in [0.3, 0.4) is 0 Å². The Bertz CT molecular complexity index is 331. The van der Waals surface area contributed by atoms with Crippen molar-refractivity contribution in [3.63, 3.8) is 0 Å². The van der Waals surface area contributed by atoms with Gasteiger partial charge in [0.1, 0.15) is 0 Å². The highest BCUT2D eigenvalue weighted by atomic mass is 16.5. The van der Waals surface area contributed by atoms with E-state index < -0.39 is 0 Å². The van der Waals surface area contributed by atoms with Crippen LogP contribution >= 0.6 is 0 Å². The average molecular weight is 205 g/mol. The van der Waals surface area contributed by atoms with E-state index in [4.69, 9.17) is 4.74 Å². The first-order valence-electron chi connectivity index (χ1n) is 6.28. The van der Waals surface area contributed by atoms with Crippen LogP contribution in [-0.2, 0) is 4.74 Å². The molecule has 0 N–H and O–H groups in total. The fraction of sp³-hybridized carbons (Fsp3) is 0.923. The van der Waals surface area contributed by atoms with Crippen molar-refractivity contribution in [1.29, 1.82) is 0 Å². The van der Waals surface area contributed by atoms with Crippen molar-refractivity contribution in [3.8, 4) is 0 Å². The zero-order chi connectivity index (χ0) is 10.3. The van der Waals surface area contributed by atoms with E-state index in [0.29, 0.717) is 10.8 Å². The van der Waals surface area contributed by atoms with Gasteiger partial charge in [-0.1, -0.05) is 0 Å². The Kier molecular flexibility index (Phi) is 1.35. The van der Waals surface area contributed by atoms with Crippen molar-refractivity contribution in [1.82, 2.24) is 0 Å². The minimum Gasteiger partial charge on any atom is -0.359 e. The van der Waals surface area contributed by atoms with Crippen LogP contribution < -0.4 is 0 Å². The normalized spacial score (nSPS) is 60.5. The highest BCUT2D eigenvalue weighted by molar-refractivity contribution is 5.35. The molecule has 2 nitrogen and oxygen atoms in total. The molecule has 0 aromatic heterocycles. The van der Waals surface area contributed by atoms with Gasteiger partial charge in [-0.2, -0.15) is 0 Å². The van der Waals surface area contributed by atoms with Gasteiger partial charge in [-0.05, 0) is 62.0 Å². The van der Waals surface area contributed by atoms with Crippen LogP contribution in [0.25, 0.3) is 0 Å². The lowest BCUT2D eigenvalue weighted by Gasteiger charge is -2.83. The zero-order valence-corrected chi connectivity index (χ0v) is 9.41. The summed E-state index contributed by atoms with van der Waals surface area (Å²) in [7, 11) is 1.80. The smallest absolute Gasteiger partial charge is 0.153 e. The number of rotatable bonds is 3. The lowest BCUT2D eigenvalue weighted by Crippen LogP contribution is -2.79. The minimum absolute atomic E-state index is 0.0888. The summed E-state index contributed by atoms with van der Waals surface area (Å²) in [6.45, 7) is 3.72. The average Bonchev–Trinajstić information content (AvgIpc) is 2.53. The molecule has 1 spiro atoms. The van der Waals surface area contributed by atoms with Crippen LogP contribution in [-0.4, -0.2) is 20.1 Å². The monoisotopic (exact) mass is 205 g/mol. The summed E-state index contributed by atoms with van der Waals surface area (Å²) in [5.74, 6) is 3.08. The first-order valence-corrected chi connectivity index (χ1v) is 6.28. The van der Waals surface area contributed by atoms with Gasteiger partial charge < -0.3 is 4.74 Å². The van der Waals surface area contributed by atoms with E-state index in [0.717, 1.165) is 17.8 Å². The number of hydrogen-bond acceptors (Lipinski definition) is 2. The zero-order valence-electron chi connectivity index (χ0n) is 9.41. The maximum absolute atomic E-state index is 5.57. The predicted molar refractivity (Wildman–Crippen MR) is 58.8 cm³/mol. The number of methoxy groups -OCH3 is 1. The Hall–Kier alpha value is -0.370. The molecule has 0 amide bonds. The van der Waals surface area contributed by atoms with Gasteiger partial charge in [-0.25, -0.2) is 0 Å². The van der Waals surface area contributed by atoms with E-state index in [1.807, 2.05) is 0 Å². The van der Waals surface area contributed by atoms with Gasteiger partial charge in [0.05, 0.1) is 0 Å². The van der Waals surface area contributed by atoms with Crippen molar-refractivity contribution in [2.75, 3.05) is 7.11 Å². The summed E-state index contributed by atoms with van der Waals surface area (Å²) in [4.78, 5) is 4.24. The van der Waals surface area contributed by atoms with Gasteiger partial charge in [0.2, 0.25) is 0 Å². The Labute approximate surface area is 91.1 Å². The quantitative estimate of drug-likeness (QED) is 0.649. The maximum Gasteiger partial charge on any atom is 0.153 e. The molecule has 2 heteroatoms. The second-order valence-electron chi connectivity index (χ2n) is 6.17. The highest BCUT2D eigenvalue weighted by Gasteiger charge is 2.86. The van der Waals surface area contributed by atoms with E-state index in [1.54, 1.807) is 7.11 Å². The van der Waals surface area contributed by atoms with Gasteiger partial charge in [0.15, 0.2) is 6.23 Å². The Morgan fingerprint density at radius 1 is 1.27 bits per heavy atom. The molecule has 0 saturated heterocycles. The molecule has 0 heterocycles. The van der Waals surface area contributed by atoms with Crippen molar-refractivity contribution < 1.29 is 4.74 Å². The van der Waals surface area contributed by atoms with Gasteiger partial charge in [0, 0.05) is 12.5 Å². The number of nitrogens with zero attached hydrogens (tertiary/aromatic N) is 1. The van der Waals surface area contributed by atoms with Crippen molar-refractivity contribution in [2.24, 2.45) is 33.6 Å². The summed E-state index contributed by atoms with van der Waals surface area (Å²) in [6, 6.07) is 0. The van der Waals surface area contributed by atoms with Crippen LogP contribution in [0.1, 0.15) is 32.1 Å². The fourth-order valence-corrected chi connectivity index (χ4v) is 6.26. The Morgan fingerprint density at radius 2 is 2.00 bits per heavy atom. The van der Waals surface area contributed by atoms with E-state index in [9.17, 15) is 0 Å². The van der Waals surface area contributed by atoms with E-state index in [-0.39, 0.29) is 6.23 Å². The molecule has 4 aliphatic rings. The molecule has 0 radical (unpaired) electrons. The van der Waals surface area contributed by atoms with Gasteiger partial charge in [-0.15, -0.1) is 0 Å². The number of ether oxygens (including phenoxy) is 1. The summed E-state index contributed by atoms with van der Waals surface area (Å²) >= 11 is 0. The van der Waals surface area contributed by atoms with Crippen LogP contribution in [0.4, 0.5) is 0 Å². The minimum atomic E-state index is 0.0888. The second kappa shape index (κ2) is 2.32. The molecule has 4 saturated carbocycles. The fourth-order valence-electron chi connectivity index (χ4n) is 6.26. The van der Waals surface area contributed by atoms with E-state index in [2.05, 4.69) is 11.7 Å². The molecular weight excluding hydrogens is 186 g/mol. The topological polar surface area (TPSA) is 21.6 Å². The third kappa shape index (κ3) is 0.596. The van der Waals surface area contributed by atoms with E-state index >= 15 is 0 Å². The molecule has 0 aromatic carbocycles. The molecule has 0 aliphatic heterocycles. The molecule has 0 aromatic rings. The SMILES string of the molecule is C=NC(OC)C12CC3CCC4CC(C1)C432. The molecular formula is C13H19NO. The number of hydrogen-bond donors (Lipinski definition) is 0. The molecule has 82 valence electrons. The molecule has 4 rings (SSSR count). The second-order valence-corrected chi connectivity index (χ2v) is 6.17. The number of aliphatic imine (C=N–C) groups is 1. The molecule has 0 bridgehead atoms. The molecule has 15 heavy (non-hydrogen) atoms. The summed E-state index contributed by atoms with van der Waals surface area (Å²) in [6.07, 6.45) is 7.30. The first-order chi connectivity index (χ1) is 7.29. The lowest BCUT2D eigenvalue weighted by atomic mass is 9.21. The third-order valence-corrected chi connectivity index (χ3v) is 6.40. The maximum atomic E-state index is 5.57. The predicted octanol–water partition coefficient (Wildman–Crippen LogP) is 2.49. The summed E-state index contributed by atoms with van der Waals surface area (Å²) in [5, 5.41) is 0. The van der Waals surface area contributed by atoms with Crippen LogP contribution in [0.5, 0.6) is 0 Å². The van der Waals surface area contributed by atoms with Crippen molar-refractivity contribution in [3.05, 3.63) is 0 Å². The van der Waals surface area contributed by atoms with Crippen LogP contribution in [0.2, 0.25) is 0 Å². The van der Waals surface area contributed by atoms with Gasteiger partial charge in [-0.3, -0.25) is 4.99 Å². The van der Waals surface area contributed by atoms with Crippen LogP contribution in [0, 0.1) is 28.6 Å². The molecule has 6 unspecified atom stereocenters. The summed E-state index contributed by atoms with van der Waals surface area (Å²) < 4.78 is 5.57. The van der Waals surface area contributed by atoms with Crippen molar-refractivity contribution in [2.45, 2.75) is 38.3 Å². The van der Waals surface area contributed by atoms with Gasteiger partial charge in [0.25, 0.3) is 0 Å². The molecule has 4 fully saturated rings. The molecule has 6 atom stereocenters. The van der Waals surface area contributed by atoms with Crippen molar-refractivity contribution >= 4 is 6.72 Å². The standard InChI is InChI=1S/C13H19NO/c1-14-11(15-2)12-6-9-4-3-8-5-10(7-12)13(8,9)12/h8-11H,1,3-7H2,2H3. The Balaban J connectivity index is 1.73. The first kappa shape index (κ1) is 8.74. The van der Waals surface area contributed by atoms with E-state index in [1.165, 1.54) is 32.1 Å². The largest absolute Gasteiger partial charge is 0.359 e. The lowest BCUT2D eigenvalue weighted by molar-refractivity contribution is -0.374. The van der Waals surface area contributed by atoms with Crippen LogP contribution in [0.15, 0.2) is 4.99 Å². The third-order valence-electron chi connectivity index (χ3n) is 6.40. The highest BCUT2D eigenvalue weighted by Crippen LogP contribution is 2.90.